The third-order valence-electron chi connectivity index (χ3n) is 4.60. The lowest BCUT2D eigenvalue weighted by Gasteiger charge is -2.19. The van der Waals surface area contributed by atoms with E-state index in [1.54, 1.807) is 35.6 Å². The number of carbonyl (C=O) groups is 2. The molecule has 0 spiro atoms. The van der Waals surface area contributed by atoms with Crippen molar-refractivity contribution < 1.29 is 19.4 Å². The summed E-state index contributed by atoms with van der Waals surface area (Å²) in [5, 5.41) is 14.4. The minimum Gasteiger partial charge on any atom is -0.546 e. The van der Waals surface area contributed by atoms with Crippen molar-refractivity contribution in [1.29, 1.82) is 0 Å². The van der Waals surface area contributed by atoms with Gasteiger partial charge in [0.1, 0.15) is 12.4 Å². The maximum absolute atomic E-state index is 12.3. The number of hydrazone groups is 1. The fourth-order valence-electron chi connectivity index (χ4n) is 3.07. The Hall–Kier alpha value is -2.67. The second-order valence-corrected chi connectivity index (χ2v) is 7.64. The Morgan fingerprint density at radius 1 is 1.37 bits per heavy atom. The minimum absolute atomic E-state index is 0.201. The number of aliphatic carboxylic acids is 1. The molecule has 0 fully saturated rings. The molecule has 1 aliphatic rings. The highest BCUT2D eigenvalue weighted by Gasteiger charge is 2.21. The normalized spacial score (nSPS) is 16.1. The summed E-state index contributed by atoms with van der Waals surface area (Å²) in [6.07, 6.45) is 6.03. The van der Waals surface area contributed by atoms with E-state index in [0.29, 0.717) is 10.6 Å². The van der Waals surface area contributed by atoms with Crippen LogP contribution in [-0.4, -0.2) is 24.7 Å². The molecule has 0 aliphatic heterocycles. The number of benzene rings is 1. The molecule has 1 atom stereocenters. The van der Waals surface area contributed by atoms with Gasteiger partial charge in [0.15, 0.2) is 0 Å². The summed E-state index contributed by atoms with van der Waals surface area (Å²) in [6, 6.07) is 8.69. The van der Waals surface area contributed by atoms with E-state index in [2.05, 4.69) is 17.5 Å². The van der Waals surface area contributed by atoms with Crippen LogP contribution in [0.3, 0.4) is 0 Å². The highest BCUT2D eigenvalue weighted by atomic mass is 32.1. The molecule has 1 heterocycles. The first-order valence-corrected chi connectivity index (χ1v) is 9.74. The third kappa shape index (κ3) is 5.17. The topological polar surface area (TPSA) is 90.8 Å². The van der Waals surface area contributed by atoms with Crippen LogP contribution in [0.15, 0.2) is 35.4 Å². The van der Waals surface area contributed by atoms with Gasteiger partial charge in [0.05, 0.1) is 17.1 Å². The Bertz CT molecular complexity index is 842. The highest BCUT2D eigenvalue weighted by Crippen LogP contribution is 2.33. The molecule has 0 saturated heterocycles. The summed E-state index contributed by atoms with van der Waals surface area (Å²) in [7, 11) is 0. The molecule has 1 aliphatic carbocycles. The molecule has 0 unspecified atom stereocenters. The fourth-order valence-corrected chi connectivity index (χ4v) is 4.17. The zero-order valence-corrected chi connectivity index (χ0v) is 15.9. The van der Waals surface area contributed by atoms with Crippen LogP contribution >= 0.6 is 11.3 Å². The van der Waals surface area contributed by atoms with Crippen molar-refractivity contribution in [2.24, 2.45) is 11.0 Å². The van der Waals surface area contributed by atoms with E-state index in [0.717, 1.165) is 24.3 Å². The van der Waals surface area contributed by atoms with Gasteiger partial charge in [-0.05, 0) is 66.6 Å². The van der Waals surface area contributed by atoms with Gasteiger partial charge in [-0.3, -0.25) is 4.79 Å². The van der Waals surface area contributed by atoms with Gasteiger partial charge in [0.2, 0.25) is 0 Å². The SMILES string of the molecule is CC[C@H]1CCc2sc(C(=O)N/N=C\c3ccc(OCC(=O)[O-])cc3)cc2C1. The Labute approximate surface area is 161 Å². The number of carbonyl (C=O) groups excluding carboxylic acids is 2. The number of hydrogen-bond donors (Lipinski definition) is 1. The van der Waals surface area contributed by atoms with Crippen molar-refractivity contribution >= 4 is 29.4 Å². The minimum atomic E-state index is -1.27. The van der Waals surface area contributed by atoms with Crippen molar-refractivity contribution in [1.82, 2.24) is 5.43 Å². The van der Waals surface area contributed by atoms with Crippen LogP contribution in [0.1, 0.15) is 45.4 Å². The Balaban J connectivity index is 1.54. The van der Waals surface area contributed by atoms with Crippen molar-refractivity contribution in [2.75, 3.05) is 6.61 Å². The Morgan fingerprint density at radius 2 is 2.15 bits per heavy atom. The number of nitrogens with zero attached hydrogens (tertiary/aromatic N) is 1. The molecule has 7 heteroatoms. The number of aryl methyl sites for hydroxylation is 1. The molecule has 27 heavy (non-hydrogen) atoms. The Morgan fingerprint density at radius 3 is 2.85 bits per heavy atom. The van der Waals surface area contributed by atoms with Gasteiger partial charge in [-0.25, -0.2) is 5.43 Å². The standard InChI is InChI=1S/C20H22N2O4S/c1-2-13-5-8-17-15(9-13)10-18(27-17)20(25)22-21-11-14-3-6-16(7-4-14)26-12-19(23)24/h3-4,6-7,10-11,13H,2,5,8-9,12H2,1H3,(H,22,25)(H,23,24)/p-1/b21-11-/t13-/m0/s1. The summed E-state index contributed by atoms with van der Waals surface area (Å²) in [5.41, 5.74) is 4.62. The second-order valence-electron chi connectivity index (χ2n) is 6.50. The molecule has 1 aromatic carbocycles. The molecular formula is C20H21N2O4S-. The molecular weight excluding hydrogens is 364 g/mol. The fraction of sp³-hybridized carbons (Fsp3) is 0.350. The molecule has 6 nitrogen and oxygen atoms in total. The van der Waals surface area contributed by atoms with Gasteiger partial charge in [-0.15, -0.1) is 11.3 Å². The average Bonchev–Trinajstić information content (AvgIpc) is 3.10. The lowest BCUT2D eigenvalue weighted by atomic mass is 9.87. The van der Waals surface area contributed by atoms with E-state index in [1.807, 2.05) is 6.07 Å². The number of rotatable bonds is 7. The second kappa shape index (κ2) is 8.81. The van der Waals surface area contributed by atoms with Gasteiger partial charge in [0.25, 0.3) is 5.91 Å². The monoisotopic (exact) mass is 385 g/mol. The van der Waals surface area contributed by atoms with Gasteiger partial charge >= 0.3 is 0 Å². The number of nitrogens with one attached hydrogen (secondary N) is 1. The van der Waals surface area contributed by atoms with E-state index < -0.39 is 12.6 Å². The van der Waals surface area contributed by atoms with Crippen LogP contribution in [0.2, 0.25) is 0 Å². The summed E-state index contributed by atoms with van der Waals surface area (Å²) in [5.74, 6) is -0.328. The molecule has 0 bridgehead atoms. The van der Waals surface area contributed by atoms with Gasteiger partial charge in [-0.2, -0.15) is 5.10 Å². The van der Waals surface area contributed by atoms with E-state index in [-0.39, 0.29) is 5.91 Å². The number of hydrogen-bond acceptors (Lipinski definition) is 6. The number of fused-ring (bicyclic) bond motifs is 1. The number of carboxylic acids is 1. The van der Waals surface area contributed by atoms with E-state index in [1.165, 1.54) is 29.5 Å². The maximum Gasteiger partial charge on any atom is 0.281 e. The summed E-state index contributed by atoms with van der Waals surface area (Å²) in [4.78, 5) is 24.7. The smallest absolute Gasteiger partial charge is 0.281 e. The molecule has 0 radical (unpaired) electrons. The van der Waals surface area contributed by atoms with Crippen LogP contribution in [0.5, 0.6) is 5.75 Å². The van der Waals surface area contributed by atoms with E-state index in [9.17, 15) is 14.7 Å². The average molecular weight is 385 g/mol. The van der Waals surface area contributed by atoms with Crippen LogP contribution < -0.4 is 15.3 Å². The highest BCUT2D eigenvalue weighted by molar-refractivity contribution is 7.14. The van der Waals surface area contributed by atoms with Crippen LogP contribution in [0, 0.1) is 5.92 Å². The van der Waals surface area contributed by atoms with Crippen LogP contribution in [0.25, 0.3) is 0 Å². The molecule has 0 saturated carbocycles. The molecule has 3 rings (SSSR count). The predicted octanol–water partition coefficient (Wildman–Crippen LogP) is 2.16. The summed E-state index contributed by atoms with van der Waals surface area (Å²) < 4.78 is 5.00. The molecule has 2 aromatic rings. The van der Waals surface area contributed by atoms with Crippen molar-refractivity contribution in [2.45, 2.75) is 32.6 Å². The molecule has 1 amide bonds. The maximum atomic E-state index is 12.3. The van der Waals surface area contributed by atoms with E-state index >= 15 is 0 Å². The number of ether oxygens (including phenoxy) is 1. The van der Waals surface area contributed by atoms with Gasteiger partial charge in [0, 0.05) is 4.88 Å². The lowest BCUT2D eigenvalue weighted by Crippen LogP contribution is -2.28. The zero-order chi connectivity index (χ0) is 19.2. The lowest BCUT2D eigenvalue weighted by molar-refractivity contribution is -0.307. The third-order valence-corrected chi connectivity index (χ3v) is 5.84. The van der Waals surface area contributed by atoms with Crippen molar-refractivity contribution in [3.05, 3.63) is 51.2 Å². The van der Waals surface area contributed by atoms with E-state index in [4.69, 9.17) is 4.74 Å². The Kier molecular flexibility index (Phi) is 6.24. The van der Waals surface area contributed by atoms with Crippen LogP contribution in [0.4, 0.5) is 0 Å². The first-order chi connectivity index (χ1) is 13.0. The van der Waals surface area contributed by atoms with Crippen molar-refractivity contribution in [3.8, 4) is 5.75 Å². The van der Waals surface area contributed by atoms with Gasteiger partial charge in [-0.1, -0.05) is 13.3 Å². The first-order valence-electron chi connectivity index (χ1n) is 8.93. The number of carboxylic acid groups (broad SMARTS) is 1. The number of amides is 1. The molecule has 1 N–H and O–H groups in total. The number of thiophene rings is 1. The first kappa shape index (κ1) is 19.1. The quantitative estimate of drug-likeness (QED) is 0.584. The van der Waals surface area contributed by atoms with Crippen molar-refractivity contribution in [3.63, 3.8) is 0 Å². The molecule has 142 valence electrons. The summed E-state index contributed by atoms with van der Waals surface area (Å²) in [6.45, 7) is 1.72. The van der Waals surface area contributed by atoms with Gasteiger partial charge < -0.3 is 14.6 Å². The predicted molar refractivity (Wildman–Crippen MR) is 102 cm³/mol. The zero-order valence-electron chi connectivity index (χ0n) is 15.1. The largest absolute Gasteiger partial charge is 0.546 e. The summed E-state index contributed by atoms with van der Waals surface area (Å²) >= 11 is 1.56. The molecule has 1 aromatic heterocycles. The van der Waals surface area contributed by atoms with Crippen LogP contribution in [-0.2, 0) is 17.6 Å².